The van der Waals surface area contributed by atoms with E-state index in [1.807, 2.05) is 72.2 Å². The van der Waals surface area contributed by atoms with E-state index in [0.717, 1.165) is 50.7 Å². The van der Waals surface area contributed by atoms with Gasteiger partial charge in [0.25, 0.3) is 0 Å². The number of hydrogen-bond acceptors (Lipinski definition) is 8. The lowest BCUT2D eigenvalue weighted by Crippen LogP contribution is -1.99. The Hall–Kier alpha value is -3.63. The Labute approximate surface area is 252 Å². The molecule has 6 aromatic rings. The molecule has 0 aliphatic rings. The monoisotopic (exact) mass is 608 g/mol. The van der Waals surface area contributed by atoms with Gasteiger partial charge in [-0.2, -0.15) is 5.10 Å². The van der Waals surface area contributed by atoms with Gasteiger partial charge in [0.2, 0.25) is 0 Å². The van der Waals surface area contributed by atoms with Crippen LogP contribution in [0.15, 0.2) is 107 Å². The first-order valence-electron chi connectivity index (χ1n) is 12.2. The lowest BCUT2D eigenvalue weighted by Gasteiger charge is -2.13. The first kappa shape index (κ1) is 29.4. The zero-order valence-corrected chi connectivity index (χ0v) is 24.7. The molecular weight excluding hydrogens is 583 g/mol. The summed E-state index contributed by atoms with van der Waals surface area (Å²) in [5.41, 5.74) is 4.10. The third-order valence-corrected chi connectivity index (χ3v) is 7.53. The number of halogens is 2. The molecule has 0 saturated heterocycles. The van der Waals surface area contributed by atoms with E-state index in [1.54, 1.807) is 29.3 Å². The average Bonchev–Trinajstić information content (AvgIpc) is 3.60. The van der Waals surface area contributed by atoms with E-state index in [4.69, 9.17) is 14.7 Å². The minimum absolute atomic E-state index is 0. The molecule has 7 nitrogen and oxygen atoms in total. The SMILES string of the molecule is Cc1cc(Sc2cnc(Nc3nc(CCc4ccccc4)cs3)c(Oc3ccccc3)c2)n2nccc2n1.Cl.Cl. The third-order valence-electron chi connectivity index (χ3n) is 5.77. The summed E-state index contributed by atoms with van der Waals surface area (Å²) >= 11 is 3.13. The number of nitrogens with one attached hydrogen (secondary N) is 1. The molecule has 0 radical (unpaired) electrons. The predicted molar refractivity (Wildman–Crippen MR) is 166 cm³/mol. The van der Waals surface area contributed by atoms with Gasteiger partial charge in [0.1, 0.15) is 10.8 Å². The molecule has 0 fully saturated rings. The van der Waals surface area contributed by atoms with Crippen molar-refractivity contribution >= 4 is 64.5 Å². The van der Waals surface area contributed by atoms with Crippen LogP contribution in [-0.2, 0) is 12.8 Å². The molecule has 0 spiro atoms. The Morgan fingerprint density at radius 3 is 2.50 bits per heavy atom. The predicted octanol–water partition coefficient (Wildman–Crippen LogP) is 8.21. The number of fused-ring (bicyclic) bond motifs is 1. The van der Waals surface area contributed by atoms with Gasteiger partial charge in [0.15, 0.2) is 22.3 Å². The van der Waals surface area contributed by atoms with Crippen molar-refractivity contribution in [3.63, 3.8) is 0 Å². The molecule has 204 valence electrons. The molecule has 0 aliphatic heterocycles. The number of aromatic nitrogens is 5. The Morgan fingerprint density at radius 1 is 0.925 bits per heavy atom. The summed E-state index contributed by atoms with van der Waals surface area (Å²) < 4.78 is 8.10. The first-order valence-corrected chi connectivity index (χ1v) is 13.9. The molecule has 0 unspecified atom stereocenters. The van der Waals surface area contributed by atoms with Crippen LogP contribution < -0.4 is 10.1 Å². The number of aryl methyl sites for hydroxylation is 3. The van der Waals surface area contributed by atoms with Crippen LogP contribution in [0.4, 0.5) is 10.9 Å². The van der Waals surface area contributed by atoms with Gasteiger partial charge < -0.3 is 10.1 Å². The van der Waals surface area contributed by atoms with E-state index in [-0.39, 0.29) is 24.8 Å². The molecule has 0 atom stereocenters. The summed E-state index contributed by atoms with van der Waals surface area (Å²) in [4.78, 5) is 15.0. The third kappa shape index (κ3) is 7.11. The number of pyridine rings is 1. The minimum Gasteiger partial charge on any atom is -0.453 e. The molecule has 4 heterocycles. The number of ether oxygens (including phenoxy) is 1. The Bertz CT molecular complexity index is 1680. The fourth-order valence-corrected chi connectivity index (χ4v) is 5.68. The van der Waals surface area contributed by atoms with E-state index in [9.17, 15) is 0 Å². The summed E-state index contributed by atoms with van der Waals surface area (Å²) in [7, 11) is 0. The average molecular weight is 610 g/mol. The van der Waals surface area contributed by atoms with Crippen LogP contribution in [0.3, 0.4) is 0 Å². The standard InChI is InChI=1S/C29H24N6OS2.2ClH/c1-20-16-27(35-26(32-20)14-15-31-35)38-24-17-25(36-23-10-6-3-7-11-23)28(30-18-24)34-29-33-22(19-37-29)13-12-21-8-4-2-5-9-21;;/h2-11,14-19H,12-13H2,1H3,(H,30,33,34);2*1H. The molecule has 2 aromatic carbocycles. The van der Waals surface area contributed by atoms with Gasteiger partial charge in [-0.3, -0.25) is 0 Å². The zero-order chi connectivity index (χ0) is 25.7. The van der Waals surface area contributed by atoms with Gasteiger partial charge >= 0.3 is 0 Å². The summed E-state index contributed by atoms with van der Waals surface area (Å²) in [6, 6.07) is 26.1. The normalized spacial score (nSPS) is 10.5. The number of para-hydroxylation sites is 1. The number of thiazole rings is 1. The number of hydrogen-bond donors (Lipinski definition) is 1. The van der Waals surface area contributed by atoms with Crippen LogP contribution in [0.2, 0.25) is 0 Å². The van der Waals surface area contributed by atoms with E-state index in [2.05, 4.69) is 45.0 Å². The van der Waals surface area contributed by atoms with Gasteiger partial charge in [-0.1, -0.05) is 60.3 Å². The molecule has 1 N–H and O–H groups in total. The molecule has 0 amide bonds. The van der Waals surface area contributed by atoms with Crippen molar-refractivity contribution < 1.29 is 4.74 Å². The van der Waals surface area contributed by atoms with Crippen LogP contribution in [0.5, 0.6) is 11.5 Å². The van der Waals surface area contributed by atoms with E-state index in [1.165, 1.54) is 5.56 Å². The van der Waals surface area contributed by atoms with Crippen molar-refractivity contribution in [2.24, 2.45) is 0 Å². The molecule has 4 aromatic heterocycles. The van der Waals surface area contributed by atoms with Crippen LogP contribution in [0, 0.1) is 6.92 Å². The van der Waals surface area contributed by atoms with Crippen LogP contribution in [0.25, 0.3) is 5.65 Å². The van der Waals surface area contributed by atoms with Gasteiger partial charge in [-0.25, -0.2) is 19.5 Å². The number of nitrogens with zero attached hydrogens (tertiary/aromatic N) is 5. The van der Waals surface area contributed by atoms with E-state index in [0.29, 0.717) is 11.6 Å². The Kier molecular flexibility index (Phi) is 10.0. The second-order valence-electron chi connectivity index (χ2n) is 8.63. The quantitative estimate of drug-likeness (QED) is 0.166. The largest absolute Gasteiger partial charge is 0.453 e. The van der Waals surface area contributed by atoms with Crippen molar-refractivity contribution in [2.45, 2.75) is 29.7 Å². The fourth-order valence-electron chi connectivity index (χ4n) is 3.96. The van der Waals surface area contributed by atoms with Gasteiger partial charge in [-0.15, -0.1) is 36.2 Å². The van der Waals surface area contributed by atoms with Gasteiger partial charge in [0.05, 0.1) is 11.9 Å². The maximum Gasteiger partial charge on any atom is 0.188 e. The highest BCUT2D eigenvalue weighted by molar-refractivity contribution is 7.99. The zero-order valence-electron chi connectivity index (χ0n) is 21.4. The van der Waals surface area contributed by atoms with E-state index >= 15 is 0 Å². The number of anilines is 2. The number of rotatable bonds is 9. The number of benzene rings is 2. The fraction of sp³-hybridized carbons (Fsp3) is 0.103. The second kappa shape index (κ2) is 13.6. The summed E-state index contributed by atoms with van der Waals surface area (Å²) in [5.74, 6) is 1.96. The topological polar surface area (TPSA) is 77.2 Å². The van der Waals surface area contributed by atoms with Gasteiger partial charge in [0, 0.05) is 34.3 Å². The minimum atomic E-state index is 0. The molecule has 0 aliphatic carbocycles. The van der Waals surface area contributed by atoms with Crippen molar-refractivity contribution in [3.8, 4) is 11.5 Å². The van der Waals surface area contributed by atoms with Crippen molar-refractivity contribution in [1.82, 2.24) is 24.6 Å². The van der Waals surface area contributed by atoms with E-state index < -0.39 is 0 Å². The molecule has 6 rings (SSSR count). The maximum atomic E-state index is 6.27. The molecule has 0 bridgehead atoms. The van der Waals surface area contributed by atoms with Crippen LogP contribution in [-0.4, -0.2) is 24.6 Å². The maximum absolute atomic E-state index is 6.27. The second-order valence-corrected chi connectivity index (χ2v) is 10.6. The Balaban J connectivity index is 0.00000185. The highest BCUT2D eigenvalue weighted by Gasteiger charge is 2.14. The molecule has 11 heteroatoms. The highest BCUT2D eigenvalue weighted by atomic mass is 35.5. The molecular formula is C29H26Cl2N6OS2. The summed E-state index contributed by atoms with van der Waals surface area (Å²) in [5, 5.41) is 11.6. The summed E-state index contributed by atoms with van der Waals surface area (Å²) in [6.45, 7) is 1.98. The van der Waals surface area contributed by atoms with Crippen molar-refractivity contribution in [1.29, 1.82) is 0 Å². The Morgan fingerprint density at radius 2 is 1.70 bits per heavy atom. The van der Waals surface area contributed by atoms with Crippen molar-refractivity contribution in [2.75, 3.05) is 5.32 Å². The highest BCUT2D eigenvalue weighted by Crippen LogP contribution is 2.36. The van der Waals surface area contributed by atoms with Crippen molar-refractivity contribution in [3.05, 3.63) is 114 Å². The van der Waals surface area contributed by atoms with Crippen LogP contribution in [0.1, 0.15) is 17.0 Å². The van der Waals surface area contributed by atoms with Gasteiger partial charge in [-0.05, 0) is 43.5 Å². The summed E-state index contributed by atoms with van der Waals surface area (Å²) in [6.07, 6.45) is 5.42. The molecule has 40 heavy (non-hydrogen) atoms. The lowest BCUT2D eigenvalue weighted by molar-refractivity contribution is 0.481. The first-order chi connectivity index (χ1) is 18.7. The lowest BCUT2D eigenvalue weighted by atomic mass is 10.1. The van der Waals surface area contributed by atoms with Crippen LogP contribution >= 0.6 is 47.9 Å². The molecule has 0 saturated carbocycles. The smallest absolute Gasteiger partial charge is 0.188 e.